The predicted molar refractivity (Wildman–Crippen MR) is 113 cm³/mol. The molecule has 4 rings (SSSR count). The maximum Gasteiger partial charge on any atom is 0.413 e. The van der Waals surface area contributed by atoms with Crippen molar-refractivity contribution in [3.63, 3.8) is 0 Å². The summed E-state index contributed by atoms with van der Waals surface area (Å²) in [5.74, 6) is -3.82. The Kier molecular flexibility index (Phi) is 6.62. The SMILES string of the molecule is C[C@@H](OC(=O)Nc1c(-c2ccc(NC(=O)[C@@H]3C[C@H]3C(F)F)cn2)nnn1C)c1cc(F)cnc1F. The van der Waals surface area contributed by atoms with Crippen molar-refractivity contribution in [2.45, 2.75) is 25.9 Å². The summed E-state index contributed by atoms with van der Waals surface area (Å²) in [6, 6.07) is 3.86. The molecule has 35 heavy (non-hydrogen) atoms. The molecular weight excluding hydrogens is 474 g/mol. The number of aromatic nitrogens is 5. The number of nitrogens with zero attached hydrogens (tertiary/aromatic N) is 5. The zero-order valence-corrected chi connectivity index (χ0v) is 18.4. The average Bonchev–Trinajstić information content (AvgIpc) is 3.55. The molecule has 0 radical (unpaired) electrons. The second-order valence-electron chi connectivity index (χ2n) is 7.88. The van der Waals surface area contributed by atoms with Crippen LogP contribution in [0.2, 0.25) is 0 Å². The molecule has 14 heteroatoms. The molecule has 0 bridgehead atoms. The molecule has 0 unspecified atom stereocenters. The van der Waals surface area contributed by atoms with Crippen LogP contribution < -0.4 is 10.6 Å². The molecule has 2 amide bonds. The number of halogens is 4. The number of carbonyl (C=O) groups is 2. The lowest BCUT2D eigenvalue weighted by Gasteiger charge is -2.15. The van der Waals surface area contributed by atoms with Crippen LogP contribution >= 0.6 is 0 Å². The number of amides is 2. The Morgan fingerprint density at radius 1 is 1.17 bits per heavy atom. The van der Waals surface area contributed by atoms with Crippen molar-refractivity contribution in [2.75, 3.05) is 10.6 Å². The van der Waals surface area contributed by atoms with Crippen LogP contribution in [0.1, 0.15) is 25.0 Å². The minimum absolute atomic E-state index is 0.0991. The molecule has 184 valence electrons. The van der Waals surface area contributed by atoms with Gasteiger partial charge in [0.25, 0.3) is 0 Å². The Labute approximate surface area is 195 Å². The van der Waals surface area contributed by atoms with Crippen LogP contribution in [0.25, 0.3) is 11.4 Å². The Hall–Kier alpha value is -4.10. The number of ether oxygens (including phenoxy) is 1. The van der Waals surface area contributed by atoms with Gasteiger partial charge in [0.1, 0.15) is 11.9 Å². The van der Waals surface area contributed by atoms with Crippen LogP contribution in [-0.4, -0.2) is 43.4 Å². The normalized spacial score (nSPS) is 17.7. The highest BCUT2D eigenvalue weighted by molar-refractivity contribution is 5.94. The third kappa shape index (κ3) is 5.36. The summed E-state index contributed by atoms with van der Waals surface area (Å²) < 4.78 is 58.9. The van der Waals surface area contributed by atoms with Gasteiger partial charge in [-0.1, -0.05) is 5.21 Å². The Morgan fingerprint density at radius 2 is 1.94 bits per heavy atom. The molecule has 3 heterocycles. The van der Waals surface area contributed by atoms with Gasteiger partial charge in [-0.15, -0.1) is 5.10 Å². The summed E-state index contributed by atoms with van der Waals surface area (Å²) >= 11 is 0. The number of rotatable bonds is 7. The smallest absolute Gasteiger partial charge is 0.413 e. The third-order valence-corrected chi connectivity index (χ3v) is 5.38. The molecular formula is C21H19F4N7O3. The Bertz CT molecular complexity index is 1250. The molecule has 3 aromatic heterocycles. The highest BCUT2D eigenvalue weighted by Gasteiger charge is 2.48. The fourth-order valence-corrected chi connectivity index (χ4v) is 3.38. The van der Waals surface area contributed by atoms with Gasteiger partial charge in [0, 0.05) is 18.9 Å². The minimum Gasteiger partial charge on any atom is -0.441 e. The van der Waals surface area contributed by atoms with Crippen molar-refractivity contribution >= 4 is 23.5 Å². The van der Waals surface area contributed by atoms with Gasteiger partial charge in [-0.3, -0.25) is 15.1 Å². The molecule has 0 aromatic carbocycles. The van der Waals surface area contributed by atoms with E-state index in [0.29, 0.717) is 11.9 Å². The quantitative estimate of drug-likeness (QED) is 0.380. The maximum atomic E-state index is 13.8. The number of carbonyl (C=O) groups excluding carboxylic acids is 2. The maximum absolute atomic E-state index is 13.8. The highest BCUT2D eigenvalue weighted by Crippen LogP contribution is 2.43. The molecule has 0 aliphatic heterocycles. The second-order valence-corrected chi connectivity index (χ2v) is 7.88. The number of hydrogen-bond donors (Lipinski definition) is 2. The number of anilines is 2. The van der Waals surface area contributed by atoms with Crippen LogP contribution in [-0.2, 0) is 16.6 Å². The van der Waals surface area contributed by atoms with Gasteiger partial charge < -0.3 is 10.1 Å². The van der Waals surface area contributed by atoms with E-state index < -0.39 is 48.1 Å². The topological polar surface area (TPSA) is 124 Å². The van der Waals surface area contributed by atoms with Crippen molar-refractivity contribution in [3.05, 3.63) is 47.9 Å². The van der Waals surface area contributed by atoms with Gasteiger partial charge in [-0.25, -0.2) is 27.6 Å². The lowest BCUT2D eigenvalue weighted by molar-refractivity contribution is -0.118. The molecule has 1 saturated carbocycles. The number of nitrogens with one attached hydrogen (secondary N) is 2. The van der Waals surface area contributed by atoms with E-state index in [1.165, 1.54) is 37.0 Å². The number of aryl methyl sites for hydroxylation is 1. The first-order valence-corrected chi connectivity index (χ1v) is 10.4. The van der Waals surface area contributed by atoms with Crippen molar-refractivity contribution in [1.82, 2.24) is 25.0 Å². The predicted octanol–water partition coefficient (Wildman–Crippen LogP) is 3.70. The first-order chi connectivity index (χ1) is 16.6. The van der Waals surface area contributed by atoms with Crippen LogP contribution in [0.3, 0.4) is 0 Å². The van der Waals surface area contributed by atoms with E-state index in [1.54, 1.807) is 0 Å². The van der Waals surface area contributed by atoms with Gasteiger partial charge in [0.15, 0.2) is 11.5 Å². The van der Waals surface area contributed by atoms with E-state index >= 15 is 0 Å². The number of hydrogen-bond acceptors (Lipinski definition) is 7. The Balaban J connectivity index is 1.42. The summed E-state index contributed by atoms with van der Waals surface area (Å²) in [5, 5.41) is 12.8. The van der Waals surface area contributed by atoms with Crippen molar-refractivity contribution in [1.29, 1.82) is 0 Å². The van der Waals surface area contributed by atoms with Crippen LogP contribution in [0.15, 0.2) is 30.6 Å². The molecule has 10 nitrogen and oxygen atoms in total. The lowest BCUT2D eigenvalue weighted by Crippen LogP contribution is -2.19. The van der Waals surface area contributed by atoms with E-state index in [2.05, 4.69) is 30.9 Å². The standard InChI is InChI=1S/C21H19F4N7O3/c1-9(12-5-10(22)7-27-18(12)25)35-21(34)29-19-16(30-31-32(19)2)15-4-3-11(8-26-15)28-20(33)14-6-13(14)17(23)24/h3-5,7-9,13-14,17H,6H2,1-2H3,(H,28,33)(H,29,34)/t9-,13-,14-/m1/s1. The van der Waals surface area contributed by atoms with Crippen LogP contribution in [0, 0.1) is 23.6 Å². The molecule has 0 spiro atoms. The van der Waals surface area contributed by atoms with Crippen LogP contribution in [0.5, 0.6) is 0 Å². The molecule has 3 aromatic rings. The van der Waals surface area contributed by atoms with E-state index in [9.17, 15) is 27.2 Å². The Morgan fingerprint density at radius 3 is 2.60 bits per heavy atom. The van der Waals surface area contributed by atoms with Gasteiger partial charge in [-0.2, -0.15) is 4.39 Å². The first kappa shape index (κ1) is 24.0. The van der Waals surface area contributed by atoms with Gasteiger partial charge in [0.2, 0.25) is 18.3 Å². The second kappa shape index (κ2) is 9.64. The largest absolute Gasteiger partial charge is 0.441 e. The number of pyridine rings is 2. The monoisotopic (exact) mass is 493 g/mol. The average molecular weight is 493 g/mol. The van der Waals surface area contributed by atoms with E-state index in [-0.39, 0.29) is 29.2 Å². The molecule has 2 N–H and O–H groups in total. The van der Waals surface area contributed by atoms with E-state index in [0.717, 1.165) is 6.07 Å². The summed E-state index contributed by atoms with van der Waals surface area (Å²) in [6.07, 6.45) is -2.52. The van der Waals surface area contributed by atoms with Crippen molar-refractivity contribution in [3.8, 4) is 11.4 Å². The summed E-state index contributed by atoms with van der Waals surface area (Å²) in [7, 11) is 1.50. The highest BCUT2D eigenvalue weighted by atomic mass is 19.3. The van der Waals surface area contributed by atoms with Crippen molar-refractivity contribution in [2.24, 2.45) is 18.9 Å². The van der Waals surface area contributed by atoms with Crippen molar-refractivity contribution < 1.29 is 31.9 Å². The summed E-state index contributed by atoms with van der Waals surface area (Å²) in [4.78, 5) is 31.9. The lowest BCUT2D eigenvalue weighted by atomic mass is 10.2. The summed E-state index contributed by atoms with van der Waals surface area (Å²) in [6.45, 7) is 1.35. The molecule has 1 aliphatic carbocycles. The summed E-state index contributed by atoms with van der Waals surface area (Å²) in [5.41, 5.74) is 0.496. The molecule has 0 saturated heterocycles. The van der Waals surface area contributed by atoms with E-state index in [4.69, 9.17) is 4.74 Å². The molecule has 1 fully saturated rings. The van der Waals surface area contributed by atoms with Crippen LogP contribution in [0.4, 0.5) is 33.9 Å². The van der Waals surface area contributed by atoms with Gasteiger partial charge in [0.05, 0.1) is 29.3 Å². The fourth-order valence-electron chi connectivity index (χ4n) is 3.38. The zero-order chi connectivity index (χ0) is 25.3. The minimum atomic E-state index is -2.53. The van der Waals surface area contributed by atoms with E-state index in [1.807, 2.05) is 0 Å². The van der Waals surface area contributed by atoms with Gasteiger partial charge in [-0.05, 0) is 31.5 Å². The first-order valence-electron chi connectivity index (χ1n) is 10.4. The third-order valence-electron chi connectivity index (χ3n) is 5.38. The molecule has 3 atom stereocenters. The zero-order valence-electron chi connectivity index (χ0n) is 18.4. The van der Waals surface area contributed by atoms with Gasteiger partial charge >= 0.3 is 6.09 Å². The number of alkyl halides is 2. The fraction of sp³-hybridized carbons (Fsp3) is 0.333. The molecule has 1 aliphatic rings.